The van der Waals surface area contributed by atoms with Crippen LogP contribution in [0.4, 0.5) is 0 Å². The molecule has 6 heteroatoms. The zero-order valence-electron chi connectivity index (χ0n) is 24.4. The van der Waals surface area contributed by atoms with Crippen molar-refractivity contribution in [1.82, 2.24) is 19.9 Å². The number of benzene rings is 2. The van der Waals surface area contributed by atoms with E-state index in [0.29, 0.717) is 23.2 Å². The lowest BCUT2D eigenvalue weighted by Crippen LogP contribution is -2.03. The van der Waals surface area contributed by atoms with Gasteiger partial charge in [-0.05, 0) is 84.2 Å². The Bertz CT molecular complexity index is 2230. The summed E-state index contributed by atoms with van der Waals surface area (Å²) in [6, 6.07) is 28.3. The number of aldehydes is 1. The van der Waals surface area contributed by atoms with Gasteiger partial charge >= 0.3 is 0 Å². The van der Waals surface area contributed by atoms with Crippen LogP contribution >= 0.6 is 0 Å². The smallest absolute Gasteiger partial charge is 0.155 e. The number of allylic oxidation sites excluding steroid dienone is 2. The Morgan fingerprint density at radius 1 is 0.556 bits per heavy atom. The lowest BCUT2D eigenvalue weighted by Gasteiger charge is -2.13. The molecule has 5 heterocycles. The van der Waals surface area contributed by atoms with Gasteiger partial charge in [-0.25, -0.2) is 9.97 Å². The van der Waals surface area contributed by atoms with Crippen LogP contribution in [0.3, 0.4) is 0 Å². The van der Waals surface area contributed by atoms with Crippen molar-refractivity contribution in [2.45, 2.75) is 19.3 Å². The van der Waals surface area contributed by atoms with Gasteiger partial charge in [-0.3, -0.25) is 9.59 Å². The number of fused-ring (bicyclic) bond motifs is 8. The first-order chi connectivity index (χ1) is 22.2. The fourth-order valence-electron chi connectivity index (χ4n) is 6.50. The van der Waals surface area contributed by atoms with Gasteiger partial charge in [0.25, 0.3) is 0 Å². The highest BCUT2D eigenvalue weighted by Gasteiger charge is 2.20. The van der Waals surface area contributed by atoms with Gasteiger partial charge in [-0.15, -0.1) is 0 Å². The van der Waals surface area contributed by atoms with Crippen molar-refractivity contribution in [2.75, 3.05) is 0 Å². The maximum Gasteiger partial charge on any atom is 0.155 e. The molecule has 0 radical (unpaired) electrons. The Morgan fingerprint density at radius 2 is 1.04 bits per heavy atom. The molecular formula is C39H28N4O2. The molecule has 0 atom stereocenters. The van der Waals surface area contributed by atoms with E-state index in [2.05, 4.69) is 46.4 Å². The second-order valence-electron chi connectivity index (χ2n) is 11.4. The van der Waals surface area contributed by atoms with E-state index < -0.39 is 0 Å². The molecule has 0 fully saturated rings. The summed E-state index contributed by atoms with van der Waals surface area (Å²) in [5.74, 6) is 0.136. The van der Waals surface area contributed by atoms with Gasteiger partial charge in [0.05, 0.1) is 33.9 Å². The number of aromatic amines is 2. The van der Waals surface area contributed by atoms with Crippen molar-refractivity contribution in [3.8, 4) is 22.3 Å². The number of rotatable bonds is 4. The average Bonchev–Trinajstić information content (AvgIpc) is 3.89. The zero-order valence-corrected chi connectivity index (χ0v) is 24.4. The maximum absolute atomic E-state index is 12.7. The minimum absolute atomic E-state index is 0.136. The third-order valence-corrected chi connectivity index (χ3v) is 8.56. The molecular weight excluding hydrogens is 556 g/mol. The van der Waals surface area contributed by atoms with Crippen LogP contribution in [-0.4, -0.2) is 32.0 Å². The normalized spacial score (nSPS) is 14.0. The van der Waals surface area contributed by atoms with Gasteiger partial charge in [0.2, 0.25) is 0 Å². The third kappa shape index (κ3) is 4.77. The fraction of sp³-hybridized carbons (Fsp3) is 0.0769. The molecule has 3 aromatic heterocycles. The van der Waals surface area contributed by atoms with Gasteiger partial charge in [0.15, 0.2) is 12.1 Å². The number of ketones is 1. The molecule has 5 aromatic rings. The Hall–Kier alpha value is -5.88. The largest absolute Gasteiger partial charge is 0.354 e. The molecule has 6 nitrogen and oxygen atoms in total. The maximum atomic E-state index is 12.7. The van der Waals surface area contributed by atoms with Crippen LogP contribution in [-0.2, 0) is 4.79 Å². The molecule has 8 bridgehead atoms. The second kappa shape index (κ2) is 11.0. The summed E-state index contributed by atoms with van der Waals surface area (Å²) in [5.41, 5.74) is 12.4. The summed E-state index contributed by atoms with van der Waals surface area (Å²) in [4.78, 5) is 42.6. The van der Waals surface area contributed by atoms with Crippen molar-refractivity contribution in [1.29, 1.82) is 0 Å². The molecule has 45 heavy (non-hydrogen) atoms. The summed E-state index contributed by atoms with van der Waals surface area (Å²) >= 11 is 0. The van der Waals surface area contributed by atoms with Crippen molar-refractivity contribution in [3.05, 3.63) is 125 Å². The summed E-state index contributed by atoms with van der Waals surface area (Å²) in [6.45, 7) is 0. The molecule has 2 N–H and O–H groups in total. The van der Waals surface area contributed by atoms with Crippen LogP contribution in [0.5, 0.6) is 0 Å². The van der Waals surface area contributed by atoms with E-state index >= 15 is 0 Å². The standard InChI is InChI=1S/C39H28N4O2/c44-23-28-29-14-16-31(40-29)37(24-8-3-1-4-9-24)33-18-20-35(42-33)39(26-12-7-13-27(45)22-26)36-21-19-34(43-36)38(25-10-5-2-6-11-25)32-17-15-30(28)41-32/h1-6,8-11,14-23,40,43H,7,12-13H2. The van der Waals surface area contributed by atoms with E-state index in [1.807, 2.05) is 72.8 Å². The van der Waals surface area contributed by atoms with Crippen molar-refractivity contribution >= 4 is 64.0 Å². The van der Waals surface area contributed by atoms with Crippen LogP contribution in [0, 0.1) is 0 Å². The third-order valence-electron chi connectivity index (χ3n) is 8.56. The molecule has 216 valence electrons. The quantitative estimate of drug-likeness (QED) is 0.202. The summed E-state index contributed by atoms with van der Waals surface area (Å²) in [5, 5.41) is 0. The minimum atomic E-state index is 0.136. The van der Waals surface area contributed by atoms with Crippen LogP contribution in [0.15, 0.2) is 91.0 Å². The second-order valence-corrected chi connectivity index (χ2v) is 11.4. The number of carbonyl (C=O) groups is 2. The van der Waals surface area contributed by atoms with Gasteiger partial charge in [0.1, 0.15) is 0 Å². The predicted molar refractivity (Wildman–Crippen MR) is 182 cm³/mol. The molecule has 8 rings (SSSR count). The zero-order chi connectivity index (χ0) is 30.3. The molecule has 0 unspecified atom stereocenters. The Labute approximate surface area is 259 Å². The highest BCUT2D eigenvalue weighted by atomic mass is 16.1. The average molecular weight is 585 g/mol. The van der Waals surface area contributed by atoms with E-state index in [9.17, 15) is 9.59 Å². The van der Waals surface area contributed by atoms with E-state index in [1.165, 1.54) is 0 Å². The Kier molecular flexibility index (Phi) is 6.53. The molecule has 0 amide bonds. The van der Waals surface area contributed by atoms with Crippen LogP contribution in [0.2, 0.25) is 0 Å². The first-order valence-corrected chi connectivity index (χ1v) is 15.1. The number of aromatic nitrogens is 4. The topological polar surface area (TPSA) is 91.5 Å². The van der Waals surface area contributed by atoms with Crippen LogP contribution in [0.1, 0.15) is 58.0 Å². The summed E-state index contributed by atoms with van der Waals surface area (Å²) in [6.07, 6.45) is 12.7. The lowest BCUT2D eigenvalue weighted by molar-refractivity contribution is -0.114. The number of hydrogen-bond acceptors (Lipinski definition) is 4. The number of nitrogens with one attached hydrogen (secondary N) is 2. The van der Waals surface area contributed by atoms with E-state index in [4.69, 9.17) is 9.97 Å². The summed E-state index contributed by atoms with van der Waals surface area (Å²) in [7, 11) is 0. The predicted octanol–water partition coefficient (Wildman–Crippen LogP) is 8.94. The molecule has 3 aliphatic rings. The number of hydrogen-bond donors (Lipinski definition) is 2. The molecule has 2 aromatic carbocycles. The first-order valence-electron chi connectivity index (χ1n) is 15.1. The fourth-order valence-corrected chi connectivity index (χ4v) is 6.50. The van der Waals surface area contributed by atoms with Gasteiger partial charge in [-0.1, -0.05) is 60.7 Å². The summed E-state index contributed by atoms with van der Waals surface area (Å²) < 4.78 is 0. The van der Waals surface area contributed by atoms with Gasteiger partial charge in [-0.2, -0.15) is 0 Å². The van der Waals surface area contributed by atoms with E-state index in [-0.39, 0.29) is 5.78 Å². The Morgan fingerprint density at radius 3 is 1.62 bits per heavy atom. The van der Waals surface area contributed by atoms with Crippen molar-refractivity contribution in [2.24, 2.45) is 0 Å². The number of H-pyrrole nitrogens is 2. The SMILES string of the molecule is O=Cc1c2nc(c(-c3ccccc3)c3ccc([nH]3)c(C3=CC(=O)CCC3)c3nc(c(-c4ccccc4)c4ccc1[nH]4)C=C3)C=C2. The first kappa shape index (κ1) is 26.7. The van der Waals surface area contributed by atoms with Gasteiger partial charge < -0.3 is 9.97 Å². The molecule has 0 saturated carbocycles. The highest BCUT2D eigenvalue weighted by Crippen LogP contribution is 2.37. The van der Waals surface area contributed by atoms with E-state index in [0.717, 1.165) is 86.2 Å². The van der Waals surface area contributed by atoms with E-state index in [1.54, 1.807) is 6.08 Å². The van der Waals surface area contributed by atoms with Crippen molar-refractivity contribution in [3.63, 3.8) is 0 Å². The van der Waals surface area contributed by atoms with Crippen LogP contribution < -0.4 is 0 Å². The lowest BCUT2D eigenvalue weighted by atomic mass is 9.92. The Balaban J connectivity index is 1.56. The molecule has 2 aliphatic heterocycles. The number of carbonyl (C=O) groups excluding carboxylic acids is 2. The molecule has 1 aliphatic carbocycles. The van der Waals surface area contributed by atoms with Crippen molar-refractivity contribution < 1.29 is 9.59 Å². The molecule has 0 spiro atoms. The monoisotopic (exact) mass is 584 g/mol. The minimum Gasteiger partial charge on any atom is -0.354 e. The van der Waals surface area contributed by atoms with Crippen LogP contribution in [0.25, 0.3) is 74.2 Å². The van der Waals surface area contributed by atoms with Gasteiger partial charge in [0, 0.05) is 39.7 Å². The number of nitrogens with zero attached hydrogens (tertiary/aromatic N) is 2. The highest BCUT2D eigenvalue weighted by molar-refractivity contribution is 6.03. The molecule has 0 saturated heterocycles.